The van der Waals surface area contributed by atoms with Crippen molar-refractivity contribution in [3.8, 4) is 0 Å². The van der Waals surface area contributed by atoms with E-state index in [2.05, 4.69) is 18.7 Å². The van der Waals surface area contributed by atoms with Gasteiger partial charge in [0.2, 0.25) is 5.91 Å². The van der Waals surface area contributed by atoms with E-state index in [0.717, 1.165) is 19.3 Å². The highest BCUT2D eigenvalue weighted by atomic mass is 16.4. The standard InChI is InChI=1S/C18H21NO3/c1-2-10-19(12-15(20)21)17(22)16-13-8-9-18(16,11-13)14-6-4-3-5-7-14/h2-7,13,16H,1,8-12H2,(H,20,21)/t13-,16+,18+/m1/s1. The zero-order valence-electron chi connectivity index (χ0n) is 12.6. The first-order chi connectivity index (χ1) is 10.6. The third kappa shape index (κ3) is 2.23. The van der Waals surface area contributed by atoms with E-state index in [0.29, 0.717) is 12.5 Å². The van der Waals surface area contributed by atoms with E-state index in [1.807, 2.05) is 18.2 Å². The number of nitrogens with zero attached hydrogens (tertiary/aromatic N) is 1. The van der Waals surface area contributed by atoms with Crippen LogP contribution in [0.3, 0.4) is 0 Å². The molecule has 3 aliphatic rings. The van der Waals surface area contributed by atoms with E-state index in [1.165, 1.54) is 10.5 Å². The number of rotatable bonds is 6. The summed E-state index contributed by atoms with van der Waals surface area (Å²) in [6.07, 6.45) is 4.71. The van der Waals surface area contributed by atoms with Crippen molar-refractivity contribution in [3.05, 3.63) is 48.6 Å². The fourth-order valence-corrected chi connectivity index (χ4v) is 4.37. The summed E-state index contributed by atoms with van der Waals surface area (Å²) in [5.74, 6) is -0.682. The fourth-order valence-electron chi connectivity index (χ4n) is 4.37. The van der Waals surface area contributed by atoms with Crippen LogP contribution in [0.25, 0.3) is 0 Å². The molecule has 1 aromatic carbocycles. The highest BCUT2D eigenvalue weighted by Crippen LogP contribution is 2.64. The van der Waals surface area contributed by atoms with E-state index in [1.54, 1.807) is 6.08 Å². The second-order valence-corrected chi connectivity index (χ2v) is 6.40. The van der Waals surface area contributed by atoms with Crippen LogP contribution in [-0.4, -0.2) is 35.0 Å². The van der Waals surface area contributed by atoms with Crippen molar-refractivity contribution < 1.29 is 14.7 Å². The van der Waals surface area contributed by atoms with Gasteiger partial charge in [-0.3, -0.25) is 9.59 Å². The Kier molecular flexibility index (Phi) is 3.77. The normalized spacial score (nSPS) is 28.7. The molecule has 1 aromatic rings. The van der Waals surface area contributed by atoms with Crippen LogP contribution in [0.4, 0.5) is 0 Å². The SMILES string of the molecule is C=CCN(CC(=O)O)C(=O)[C@@H]1[C@@H]2CC[C@@]1(c1ccccc1)C2. The maximum Gasteiger partial charge on any atom is 0.323 e. The molecule has 3 aliphatic carbocycles. The first-order valence-corrected chi connectivity index (χ1v) is 7.75. The fraction of sp³-hybridized carbons (Fsp3) is 0.444. The molecule has 1 amide bonds. The number of carboxylic acids is 1. The Labute approximate surface area is 130 Å². The zero-order valence-corrected chi connectivity index (χ0v) is 12.6. The van der Waals surface area contributed by atoms with E-state index in [-0.39, 0.29) is 23.8 Å². The van der Waals surface area contributed by atoms with Gasteiger partial charge in [0.15, 0.2) is 0 Å². The van der Waals surface area contributed by atoms with Crippen LogP contribution >= 0.6 is 0 Å². The molecule has 0 saturated heterocycles. The lowest BCUT2D eigenvalue weighted by Crippen LogP contribution is -2.54. The predicted octanol–water partition coefficient (Wildman–Crippen LogP) is 2.45. The Balaban J connectivity index is 1.86. The van der Waals surface area contributed by atoms with Gasteiger partial charge in [0.1, 0.15) is 6.54 Å². The quantitative estimate of drug-likeness (QED) is 0.821. The Morgan fingerprint density at radius 1 is 1.36 bits per heavy atom. The van der Waals surface area contributed by atoms with Gasteiger partial charge in [0, 0.05) is 12.0 Å². The van der Waals surface area contributed by atoms with Crippen LogP contribution in [0.1, 0.15) is 24.8 Å². The number of carbonyl (C=O) groups is 2. The topological polar surface area (TPSA) is 57.6 Å². The van der Waals surface area contributed by atoms with Crippen LogP contribution in [0.2, 0.25) is 0 Å². The first-order valence-electron chi connectivity index (χ1n) is 7.75. The van der Waals surface area contributed by atoms with Gasteiger partial charge in [0.25, 0.3) is 0 Å². The number of amides is 1. The van der Waals surface area contributed by atoms with Gasteiger partial charge in [-0.05, 0) is 30.7 Å². The third-order valence-corrected chi connectivity index (χ3v) is 5.26. The summed E-state index contributed by atoms with van der Waals surface area (Å²) in [4.78, 5) is 25.3. The minimum atomic E-state index is -0.976. The Morgan fingerprint density at radius 2 is 2.09 bits per heavy atom. The highest BCUT2D eigenvalue weighted by molar-refractivity contribution is 5.86. The molecular formula is C18H21NO3. The van der Waals surface area contributed by atoms with Gasteiger partial charge in [-0.15, -0.1) is 6.58 Å². The summed E-state index contributed by atoms with van der Waals surface area (Å²) in [5, 5.41) is 9.03. The van der Waals surface area contributed by atoms with E-state index >= 15 is 0 Å². The maximum atomic E-state index is 12.9. The predicted molar refractivity (Wildman–Crippen MR) is 83.4 cm³/mol. The maximum absolute atomic E-state index is 12.9. The minimum absolute atomic E-state index is 0.0279. The molecule has 22 heavy (non-hydrogen) atoms. The molecule has 0 radical (unpaired) electrons. The summed E-state index contributed by atoms with van der Waals surface area (Å²) >= 11 is 0. The molecular weight excluding hydrogens is 278 g/mol. The van der Waals surface area contributed by atoms with Gasteiger partial charge >= 0.3 is 5.97 Å². The molecule has 0 heterocycles. The van der Waals surface area contributed by atoms with Crippen molar-refractivity contribution in [2.45, 2.75) is 24.7 Å². The van der Waals surface area contributed by atoms with Gasteiger partial charge in [-0.2, -0.15) is 0 Å². The number of carbonyl (C=O) groups excluding carboxylic acids is 1. The van der Waals surface area contributed by atoms with Gasteiger partial charge in [-0.1, -0.05) is 36.4 Å². The molecule has 3 atom stereocenters. The molecule has 3 saturated carbocycles. The summed E-state index contributed by atoms with van der Waals surface area (Å²) < 4.78 is 0. The smallest absolute Gasteiger partial charge is 0.323 e. The largest absolute Gasteiger partial charge is 0.480 e. The van der Waals surface area contributed by atoms with Crippen LogP contribution in [0.5, 0.6) is 0 Å². The van der Waals surface area contributed by atoms with Crippen LogP contribution in [0, 0.1) is 11.8 Å². The Bertz CT molecular complexity index is 594. The number of carboxylic acid groups (broad SMARTS) is 1. The summed E-state index contributed by atoms with van der Waals surface area (Å²) in [7, 11) is 0. The molecule has 116 valence electrons. The van der Waals surface area contributed by atoms with E-state index < -0.39 is 5.97 Å². The van der Waals surface area contributed by atoms with E-state index in [9.17, 15) is 9.59 Å². The number of aliphatic carboxylic acids is 1. The molecule has 2 bridgehead atoms. The average molecular weight is 299 g/mol. The van der Waals surface area contributed by atoms with Crippen LogP contribution < -0.4 is 0 Å². The number of hydrogen-bond acceptors (Lipinski definition) is 2. The number of benzene rings is 1. The van der Waals surface area contributed by atoms with Crippen molar-refractivity contribution in [3.63, 3.8) is 0 Å². The molecule has 4 nitrogen and oxygen atoms in total. The Morgan fingerprint density at radius 3 is 2.68 bits per heavy atom. The molecule has 0 aromatic heterocycles. The van der Waals surface area contributed by atoms with Crippen molar-refractivity contribution in [2.75, 3.05) is 13.1 Å². The third-order valence-electron chi connectivity index (χ3n) is 5.26. The van der Waals surface area contributed by atoms with Crippen molar-refractivity contribution in [1.29, 1.82) is 0 Å². The highest BCUT2D eigenvalue weighted by Gasteiger charge is 2.63. The lowest BCUT2D eigenvalue weighted by molar-refractivity contribution is -0.150. The number of fused-ring (bicyclic) bond motifs is 1. The molecule has 1 N–H and O–H groups in total. The summed E-state index contributed by atoms with van der Waals surface area (Å²) in [6.45, 7) is 3.68. The van der Waals surface area contributed by atoms with E-state index in [4.69, 9.17) is 5.11 Å². The molecule has 4 rings (SSSR count). The monoisotopic (exact) mass is 299 g/mol. The summed E-state index contributed by atoms with van der Waals surface area (Å²) in [5.41, 5.74) is 1.14. The van der Waals surface area contributed by atoms with Gasteiger partial charge < -0.3 is 10.0 Å². The number of hydrogen-bond donors (Lipinski definition) is 1. The average Bonchev–Trinajstić information content (AvgIpc) is 3.07. The second-order valence-electron chi connectivity index (χ2n) is 6.40. The van der Waals surface area contributed by atoms with Gasteiger partial charge in [0.05, 0.1) is 5.92 Å². The van der Waals surface area contributed by atoms with Crippen molar-refractivity contribution >= 4 is 11.9 Å². The van der Waals surface area contributed by atoms with Crippen LogP contribution in [0.15, 0.2) is 43.0 Å². The lowest BCUT2D eigenvalue weighted by Gasteiger charge is -2.48. The second kappa shape index (κ2) is 5.59. The van der Waals surface area contributed by atoms with Crippen LogP contribution in [-0.2, 0) is 15.0 Å². The zero-order chi connectivity index (χ0) is 15.7. The molecule has 0 aliphatic heterocycles. The Hall–Kier alpha value is -2.10. The van der Waals surface area contributed by atoms with Crippen molar-refractivity contribution in [2.24, 2.45) is 11.8 Å². The molecule has 0 unspecified atom stereocenters. The van der Waals surface area contributed by atoms with Gasteiger partial charge in [-0.25, -0.2) is 0 Å². The minimum Gasteiger partial charge on any atom is -0.480 e. The molecule has 3 fully saturated rings. The molecule has 4 heteroatoms. The van der Waals surface area contributed by atoms with Crippen molar-refractivity contribution in [1.82, 2.24) is 4.90 Å². The lowest BCUT2D eigenvalue weighted by atomic mass is 9.56. The molecule has 0 spiro atoms. The summed E-state index contributed by atoms with van der Waals surface area (Å²) in [6, 6.07) is 10.2. The first kappa shape index (κ1) is 14.8.